The van der Waals surface area contributed by atoms with Crippen molar-refractivity contribution >= 4 is 23.5 Å². The van der Waals surface area contributed by atoms with Crippen molar-refractivity contribution in [2.24, 2.45) is 0 Å². The van der Waals surface area contributed by atoms with E-state index >= 15 is 0 Å². The van der Waals surface area contributed by atoms with E-state index in [-0.39, 0.29) is 5.28 Å². The van der Waals surface area contributed by atoms with Crippen LogP contribution in [-0.4, -0.2) is 51.6 Å². The predicted octanol–water partition coefficient (Wildman–Crippen LogP) is 2.88. The number of hydrogen-bond acceptors (Lipinski definition) is 6. The zero-order valence-corrected chi connectivity index (χ0v) is 14.4. The maximum atomic E-state index is 5.92. The van der Waals surface area contributed by atoms with Gasteiger partial charge >= 0.3 is 0 Å². The van der Waals surface area contributed by atoms with Crippen LogP contribution in [0.1, 0.15) is 41.0 Å². The number of anilines is 2. The molecule has 0 aliphatic rings. The van der Waals surface area contributed by atoms with E-state index in [0.717, 1.165) is 26.1 Å². The van der Waals surface area contributed by atoms with Gasteiger partial charge in [0.15, 0.2) is 0 Å². The summed E-state index contributed by atoms with van der Waals surface area (Å²) in [6.45, 7) is 13.4. The van der Waals surface area contributed by atoms with Gasteiger partial charge in [-0.2, -0.15) is 15.0 Å². The molecule has 1 heterocycles. The molecule has 1 aromatic rings. The summed E-state index contributed by atoms with van der Waals surface area (Å²) in [4.78, 5) is 14.9. The topological polar surface area (TPSA) is 66.0 Å². The maximum absolute atomic E-state index is 5.92. The van der Waals surface area contributed by atoms with Crippen LogP contribution < -0.4 is 10.6 Å². The van der Waals surface area contributed by atoms with Crippen molar-refractivity contribution in [3.8, 4) is 0 Å². The van der Waals surface area contributed by atoms with Crippen LogP contribution in [0.15, 0.2) is 0 Å². The molecule has 1 rings (SSSR count). The first-order valence-corrected chi connectivity index (χ1v) is 7.96. The van der Waals surface area contributed by atoms with Crippen molar-refractivity contribution in [3.05, 3.63) is 5.28 Å². The number of hydrogen-bond donors (Lipinski definition) is 2. The average molecular weight is 315 g/mol. The smallest absolute Gasteiger partial charge is 0.228 e. The fourth-order valence-corrected chi connectivity index (χ4v) is 2.31. The largest absolute Gasteiger partial charge is 0.354 e. The minimum absolute atomic E-state index is 0.204. The molecular formula is C14H27ClN6. The third kappa shape index (κ3) is 6.44. The Bertz CT molecular complexity index is 416. The molecule has 21 heavy (non-hydrogen) atoms. The molecule has 0 aliphatic carbocycles. The average Bonchev–Trinajstić information content (AvgIpc) is 2.40. The minimum Gasteiger partial charge on any atom is -0.354 e. The standard InChI is InChI=1S/C14H27ClN6/c1-6-7-16-13-18-12(15)19-14(20-13)17-8-9-21(10(2)3)11(4)5/h10-11H,6-9H2,1-5H3,(H2,16,17,18,19,20). The molecule has 0 saturated heterocycles. The summed E-state index contributed by atoms with van der Waals surface area (Å²) in [5.74, 6) is 1.03. The number of nitrogens with zero attached hydrogens (tertiary/aromatic N) is 4. The van der Waals surface area contributed by atoms with E-state index in [1.54, 1.807) is 0 Å². The summed E-state index contributed by atoms with van der Waals surface area (Å²) in [6, 6.07) is 1.02. The quantitative estimate of drug-likeness (QED) is 0.730. The van der Waals surface area contributed by atoms with E-state index in [2.05, 4.69) is 65.1 Å². The van der Waals surface area contributed by atoms with E-state index < -0.39 is 0 Å². The lowest BCUT2D eigenvalue weighted by Gasteiger charge is -2.30. The van der Waals surface area contributed by atoms with Gasteiger partial charge in [-0.15, -0.1) is 0 Å². The highest BCUT2D eigenvalue weighted by molar-refractivity contribution is 6.28. The lowest BCUT2D eigenvalue weighted by Crippen LogP contribution is -2.40. The van der Waals surface area contributed by atoms with Crippen molar-refractivity contribution < 1.29 is 0 Å². The Morgan fingerprint density at radius 3 is 1.95 bits per heavy atom. The lowest BCUT2D eigenvalue weighted by molar-refractivity contribution is 0.182. The van der Waals surface area contributed by atoms with Crippen LogP contribution in [0, 0.1) is 0 Å². The molecule has 0 unspecified atom stereocenters. The van der Waals surface area contributed by atoms with Gasteiger partial charge in [0.05, 0.1) is 0 Å². The molecule has 1 aromatic heterocycles. The highest BCUT2D eigenvalue weighted by Crippen LogP contribution is 2.10. The second-order valence-electron chi connectivity index (χ2n) is 5.53. The molecule has 0 fully saturated rings. The maximum Gasteiger partial charge on any atom is 0.228 e. The highest BCUT2D eigenvalue weighted by Gasteiger charge is 2.13. The molecule has 6 nitrogen and oxygen atoms in total. The van der Waals surface area contributed by atoms with Crippen molar-refractivity contribution in [3.63, 3.8) is 0 Å². The second kappa shape index (κ2) is 9.00. The molecule has 0 atom stereocenters. The van der Waals surface area contributed by atoms with E-state index in [4.69, 9.17) is 11.6 Å². The molecule has 0 aliphatic heterocycles. The third-order valence-electron chi connectivity index (χ3n) is 3.12. The molecule has 0 aromatic carbocycles. The van der Waals surface area contributed by atoms with Crippen LogP contribution in [-0.2, 0) is 0 Å². The zero-order chi connectivity index (χ0) is 15.8. The van der Waals surface area contributed by atoms with Gasteiger partial charge in [0.25, 0.3) is 0 Å². The fraction of sp³-hybridized carbons (Fsp3) is 0.786. The van der Waals surface area contributed by atoms with Crippen LogP contribution >= 0.6 is 11.6 Å². The molecule has 7 heteroatoms. The minimum atomic E-state index is 0.204. The van der Waals surface area contributed by atoms with Gasteiger partial charge in [0.1, 0.15) is 0 Å². The van der Waals surface area contributed by atoms with Gasteiger partial charge < -0.3 is 10.6 Å². The Labute approximate surface area is 132 Å². The Morgan fingerprint density at radius 1 is 0.952 bits per heavy atom. The Hall–Kier alpha value is -1.14. The molecule has 0 radical (unpaired) electrons. The van der Waals surface area contributed by atoms with E-state index in [1.165, 1.54) is 0 Å². The lowest BCUT2D eigenvalue weighted by atomic mass is 10.2. The summed E-state index contributed by atoms with van der Waals surface area (Å²) >= 11 is 5.92. The summed E-state index contributed by atoms with van der Waals surface area (Å²) in [5.41, 5.74) is 0. The van der Waals surface area contributed by atoms with Crippen molar-refractivity contribution in [1.29, 1.82) is 0 Å². The zero-order valence-electron chi connectivity index (χ0n) is 13.6. The normalized spacial score (nSPS) is 11.5. The molecule has 0 bridgehead atoms. The Kier molecular flexibility index (Phi) is 7.67. The summed E-state index contributed by atoms with van der Waals surface area (Å²) in [5, 5.41) is 6.53. The number of rotatable bonds is 9. The number of halogens is 1. The van der Waals surface area contributed by atoms with Crippen molar-refractivity contribution in [2.75, 3.05) is 30.3 Å². The van der Waals surface area contributed by atoms with Crippen molar-refractivity contribution in [2.45, 2.75) is 53.1 Å². The molecule has 2 N–H and O–H groups in total. The molecule has 0 saturated carbocycles. The van der Waals surface area contributed by atoms with Crippen LogP contribution in [0.4, 0.5) is 11.9 Å². The first kappa shape index (κ1) is 17.9. The van der Waals surface area contributed by atoms with Gasteiger partial charge in [-0.3, -0.25) is 4.90 Å². The number of nitrogens with one attached hydrogen (secondary N) is 2. The predicted molar refractivity (Wildman–Crippen MR) is 89.1 cm³/mol. The van der Waals surface area contributed by atoms with Crippen LogP contribution in [0.25, 0.3) is 0 Å². The van der Waals surface area contributed by atoms with Crippen LogP contribution in [0.5, 0.6) is 0 Å². The Balaban J connectivity index is 2.56. The SMILES string of the molecule is CCCNc1nc(Cl)nc(NCCN(C(C)C)C(C)C)n1. The van der Waals surface area contributed by atoms with Gasteiger partial charge in [-0.05, 0) is 45.7 Å². The van der Waals surface area contributed by atoms with Gasteiger partial charge in [-0.25, -0.2) is 0 Å². The number of aromatic nitrogens is 3. The van der Waals surface area contributed by atoms with E-state index in [1.807, 2.05) is 0 Å². The first-order valence-electron chi connectivity index (χ1n) is 7.59. The van der Waals surface area contributed by atoms with Gasteiger partial charge in [0.2, 0.25) is 17.2 Å². The first-order chi connectivity index (χ1) is 9.93. The molecule has 0 amide bonds. The molecule has 120 valence electrons. The summed E-state index contributed by atoms with van der Waals surface area (Å²) in [6.07, 6.45) is 1.00. The Morgan fingerprint density at radius 2 is 1.48 bits per heavy atom. The van der Waals surface area contributed by atoms with Gasteiger partial charge in [0, 0.05) is 31.7 Å². The summed E-state index contributed by atoms with van der Waals surface area (Å²) in [7, 11) is 0. The van der Waals surface area contributed by atoms with Crippen molar-refractivity contribution in [1.82, 2.24) is 19.9 Å². The molecular weight excluding hydrogens is 288 g/mol. The highest BCUT2D eigenvalue weighted by atomic mass is 35.5. The monoisotopic (exact) mass is 314 g/mol. The fourth-order valence-electron chi connectivity index (χ4n) is 2.15. The second-order valence-corrected chi connectivity index (χ2v) is 5.87. The third-order valence-corrected chi connectivity index (χ3v) is 3.29. The van der Waals surface area contributed by atoms with E-state index in [0.29, 0.717) is 24.0 Å². The molecule has 0 spiro atoms. The van der Waals surface area contributed by atoms with E-state index in [9.17, 15) is 0 Å². The van der Waals surface area contributed by atoms with Crippen LogP contribution in [0.3, 0.4) is 0 Å². The van der Waals surface area contributed by atoms with Crippen LogP contribution in [0.2, 0.25) is 5.28 Å². The van der Waals surface area contributed by atoms with Gasteiger partial charge in [-0.1, -0.05) is 6.92 Å². The summed E-state index contributed by atoms with van der Waals surface area (Å²) < 4.78 is 0.